The highest BCUT2D eigenvalue weighted by molar-refractivity contribution is 5.69. The van der Waals surface area contributed by atoms with Crippen molar-refractivity contribution in [2.24, 2.45) is 11.8 Å². The monoisotopic (exact) mass is 310 g/mol. The Morgan fingerprint density at radius 3 is 2.18 bits per heavy atom. The van der Waals surface area contributed by atoms with E-state index < -0.39 is 5.60 Å². The van der Waals surface area contributed by atoms with Gasteiger partial charge >= 0.3 is 6.09 Å². The van der Waals surface area contributed by atoms with Crippen LogP contribution in [0.2, 0.25) is 0 Å². The molecule has 2 aliphatic rings. The second-order valence-electron chi connectivity index (χ2n) is 8.76. The van der Waals surface area contributed by atoms with E-state index in [-0.39, 0.29) is 11.6 Å². The third kappa shape index (κ3) is 5.15. The number of carbonyl (C=O) groups excluding carboxylic acids is 1. The molecule has 4 heteroatoms. The molecule has 2 unspecified atom stereocenters. The highest BCUT2D eigenvalue weighted by Crippen LogP contribution is 2.33. The normalized spacial score (nSPS) is 31.2. The van der Waals surface area contributed by atoms with Gasteiger partial charge in [-0.1, -0.05) is 13.8 Å². The molecule has 2 rings (SSSR count). The van der Waals surface area contributed by atoms with E-state index in [0.29, 0.717) is 6.04 Å². The molecule has 2 saturated carbocycles. The highest BCUT2D eigenvalue weighted by Gasteiger charge is 2.40. The van der Waals surface area contributed by atoms with Crippen LogP contribution in [0.1, 0.15) is 73.1 Å². The number of amides is 1. The number of hydrogen-bond donors (Lipinski definition) is 2. The maximum atomic E-state index is 12.1. The lowest BCUT2D eigenvalue weighted by molar-refractivity contribution is 0.0373. The Bertz CT molecular complexity index is 375. The largest absolute Gasteiger partial charge is 0.444 e. The molecule has 0 aromatic rings. The SMILES string of the molecule is CC1CC(C)CC(NCC2(NC(=O)OC(C)(C)C)CCC2)C1. The zero-order valence-corrected chi connectivity index (χ0v) is 15.0. The van der Waals surface area contributed by atoms with Crippen LogP contribution in [0.3, 0.4) is 0 Å². The van der Waals surface area contributed by atoms with Crippen LogP contribution >= 0.6 is 0 Å². The fraction of sp³-hybridized carbons (Fsp3) is 0.944. The molecule has 0 saturated heterocycles. The first-order chi connectivity index (χ1) is 10.2. The summed E-state index contributed by atoms with van der Waals surface area (Å²) in [6, 6.07) is 0.594. The van der Waals surface area contributed by atoms with Gasteiger partial charge in [-0.15, -0.1) is 0 Å². The van der Waals surface area contributed by atoms with Gasteiger partial charge in [-0.25, -0.2) is 4.79 Å². The summed E-state index contributed by atoms with van der Waals surface area (Å²) in [6.07, 6.45) is 6.88. The molecule has 2 fully saturated rings. The molecule has 2 aliphatic carbocycles. The average molecular weight is 310 g/mol. The second-order valence-corrected chi connectivity index (χ2v) is 8.76. The Morgan fingerprint density at radius 1 is 1.14 bits per heavy atom. The zero-order valence-electron chi connectivity index (χ0n) is 15.0. The van der Waals surface area contributed by atoms with Gasteiger partial charge in [0.05, 0.1) is 5.54 Å². The first-order valence-corrected chi connectivity index (χ1v) is 8.92. The lowest BCUT2D eigenvalue weighted by atomic mass is 9.75. The molecule has 22 heavy (non-hydrogen) atoms. The Balaban J connectivity index is 1.82. The topological polar surface area (TPSA) is 50.4 Å². The van der Waals surface area contributed by atoms with Gasteiger partial charge in [0, 0.05) is 12.6 Å². The van der Waals surface area contributed by atoms with Gasteiger partial charge in [-0.05, 0) is 71.1 Å². The summed E-state index contributed by atoms with van der Waals surface area (Å²) in [5.41, 5.74) is -0.525. The average Bonchev–Trinajstić information content (AvgIpc) is 2.28. The van der Waals surface area contributed by atoms with Crippen LogP contribution in [0, 0.1) is 11.8 Å². The van der Waals surface area contributed by atoms with Crippen LogP contribution in [0.5, 0.6) is 0 Å². The molecule has 2 N–H and O–H groups in total. The van der Waals surface area contributed by atoms with E-state index in [2.05, 4.69) is 24.5 Å². The number of carbonyl (C=O) groups is 1. The second kappa shape index (κ2) is 6.77. The van der Waals surface area contributed by atoms with E-state index in [4.69, 9.17) is 4.74 Å². The lowest BCUT2D eigenvalue weighted by Crippen LogP contribution is -2.61. The first kappa shape index (κ1) is 17.6. The number of alkyl carbamates (subject to hydrolysis) is 1. The van der Waals surface area contributed by atoms with Crippen LogP contribution in [-0.4, -0.2) is 29.8 Å². The molecule has 0 radical (unpaired) electrons. The van der Waals surface area contributed by atoms with Gasteiger partial charge in [-0.3, -0.25) is 0 Å². The third-order valence-electron chi connectivity index (χ3n) is 4.98. The van der Waals surface area contributed by atoms with Gasteiger partial charge in [-0.2, -0.15) is 0 Å². The molecule has 1 amide bonds. The standard InChI is InChI=1S/C18H34N2O2/c1-13-9-14(2)11-15(10-13)19-12-18(7-6-8-18)20-16(21)22-17(3,4)5/h13-15,19H,6-12H2,1-5H3,(H,20,21). The molecule has 0 bridgehead atoms. The van der Waals surface area contributed by atoms with E-state index >= 15 is 0 Å². The van der Waals surface area contributed by atoms with E-state index in [9.17, 15) is 4.79 Å². The van der Waals surface area contributed by atoms with Crippen LogP contribution < -0.4 is 10.6 Å². The summed E-state index contributed by atoms with van der Waals surface area (Å²) in [7, 11) is 0. The van der Waals surface area contributed by atoms with Crippen LogP contribution in [0.25, 0.3) is 0 Å². The molecular formula is C18H34N2O2. The summed E-state index contributed by atoms with van der Waals surface area (Å²) in [5, 5.41) is 6.85. The Kier molecular flexibility index (Phi) is 5.41. The summed E-state index contributed by atoms with van der Waals surface area (Å²) in [5.74, 6) is 1.61. The number of ether oxygens (including phenoxy) is 1. The molecule has 0 aromatic carbocycles. The van der Waals surface area contributed by atoms with Gasteiger partial charge in [0.1, 0.15) is 5.60 Å². The summed E-state index contributed by atoms with van der Waals surface area (Å²) in [6.45, 7) is 11.3. The maximum absolute atomic E-state index is 12.1. The van der Waals surface area contributed by atoms with Crippen LogP contribution in [-0.2, 0) is 4.74 Å². The Morgan fingerprint density at radius 2 is 1.73 bits per heavy atom. The number of nitrogens with one attached hydrogen (secondary N) is 2. The highest BCUT2D eigenvalue weighted by atomic mass is 16.6. The van der Waals surface area contributed by atoms with E-state index in [1.54, 1.807) is 0 Å². The van der Waals surface area contributed by atoms with Gasteiger partial charge < -0.3 is 15.4 Å². The van der Waals surface area contributed by atoms with Crippen molar-refractivity contribution in [1.29, 1.82) is 0 Å². The van der Waals surface area contributed by atoms with E-state index in [0.717, 1.165) is 31.2 Å². The summed E-state index contributed by atoms with van der Waals surface area (Å²) < 4.78 is 5.42. The first-order valence-electron chi connectivity index (χ1n) is 8.92. The minimum atomic E-state index is -0.434. The third-order valence-corrected chi connectivity index (χ3v) is 4.98. The zero-order chi connectivity index (χ0) is 16.4. The lowest BCUT2D eigenvalue weighted by Gasteiger charge is -2.44. The van der Waals surface area contributed by atoms with Crippen LogP contribution in [0.4, 0.5) is 4.79 Å². The summed E-state index contributed by atoms with van der Waals surface area (Å²) in [4.78, 5) is 12.1. The molecule has 128 valence electrons. The summed E-state index contributed by atoms with van der Waals surface area (Å²) >= 11 is 0. The Labute approximate surface area is 135 Å². The predicted molar refractivity (Wildman–Crippen MR) is 89.9 cm³/mol. The van der Waals surface area contributed by atoms with Crippen molar-refractivity contribution in [3.8, 4) is 0 Å². The van der Waals surface area contributed by atoms with Gasteiger partial charge in [0.2, 0.25) is 0 Å². The van der Waals surface area contributed by atoms with Crippen molar-refractivity contribution >= 4 is 6.09 Å². The fourth-order valence-electron chi connectivity index (χ4n) is 3.92. The number of rotatable bonds is 4. The van der Waals surface area contributed by atoms with Crippen molar-refractivity contribution in [3.63, 3.8) is 0 Å². The maximum Gasteiger partial charge on any atom is 0.408 e. The molecular weight excluding hydrogens is 276 g/mol. The molecule has 0 spiro atoms. The molecule has 0 aromatic heterocycles. The molecule has 2 atom stereocenters. The van der Waals surface area contributed by atoms with E-state index in [1.807, 2.05) is 20.8 Å². The van der Waals surface area contributed by atoms with Crippen molar-refractivity contribution in [2.45, 2.75) is 90.3 Å². The molecule has 4 nitrogen and oxygen atoms in total. The minimum Gasteiger partial charge on any atom is -0.444 e. The van der Waals surface area contributed by atoms with Crippen molar-refractivity contribution in [2.75, 3.05) is 6.54 Å². The fourth-order valence-corrected chi connectivity index (χ4v) is 3.92. The van der Waals surface area contributed by atoms with Gasteiger partial charge in [0.15, 0.2) is 0 Å². The van der Waals surface area contributed by atoms with Crippen molar-refractivity contribution < 1.29 is 9.53 Å². The van der Waals surface area contributed by atoms with Crippen molar-refractivity contribution in [3.05, 3.63) is 0 Å². The minimum absolute atomic E-state index is 0.0910. The predicted octanol–water partition coefficient (Wildman–Crippen LogP) is 3.85. The smallest absolute Gasteiger partial charge is 0.408 e. The van der Waals surface area contributed by atoms with Gasteiger partial charge in [0.25, 0.3) is 0 Å². The molecule has 0 aliphatic heterocycles. The quantitative estimate of drug-likeness (QED) is 0.829. The Hall–Kier alpha value is -0.770. The van der Waals surface area contributed by atoms with Crippen LogP contribution in [0.15, 0.2) is 0 Å². The van der Waals surface area contributed by atoms with Crippen molar-refractivity contribution in [1.82, 2.24) is 10.6 Å². The molecule has 0 heterocycles. The van der Waals surface area contributed by atoms with E-state index in [1.165, 1.54) is 25.7 Å². The number of hydrogen-bond acceptors (Lipinski definition) is 3.